The van der Waals surface area contributed by atoms with Gasteiger partial charge in [-0.1, -0.05) is 24.3 Å². The lowest BCUT2D eigenvalue weighted by molar-refractivity contribution is -0.137. The number of hydrogen-bond donors (Lipinski definition) is 1. The zero-order valence-electron chi connectivity index (χ0n) is 14.8. The molecule has 0 unspecified atom stereocenters. The van der Waals surface area contributed by atoms with Crippen LogP contribution in [-0.4, -0.2) is 5.91 Å². The Balaban J connectivity index is 1.52. The molecule has 0 atom stereocenters. The first-order chi connectivity index (χ1) is 13.4. The Kier molecular flexibility index (Phi) is 6.16. The molecule has 28 heavy (non-hydrogen) atoms. The van der Waals surface area contributed by atoms with Crippen LogP contribution in [-0.2, 0) is 35.3 Å². The number of amides is 1. The fourth-order valence-electron chi connectivity index (χ4n) is 2.61. The van der Waals surface area contributed by atoms with Gasteiger partial charge in [-0.05, 0) is 47.5 Å². The molecule has 1 N–H and O–H groups in total. The lowest BCUT2D eigenvalue weighted by Crippen LogP contribution is -2.14. The number of rotatable bonds is 7. The van der Waals surface area contributed by atoms with E-state index in [1.807, 2.05) is 12.1 Å². The van der Waals surface area contributed by atoms with Crippen molar-refractivity contribution in [3.05, 3.63) is 89.4 Å². The summed E-state index contributed by atoms with van der Waals surface area (Å²) in [5.41, 5.74) is 1.23. The summed E-state index contributed by atoms with van der Waals surface area (Å²) >= 11 is 0. The van der Waals surface area contributed by atoms with Crippen molar-refractivity contribution in [2.24, 2.45) is 0 Å². The molecule has 0 fully saturated rings. The summed E-state index contributed by atoms with van der Waals surface area (Å²) in [5.74, 6) is 0.411. The molecular weight excluding hydrogens is 371 g/mol. The highest BCUT2D eigenvalue weighted by Crippen LogP contribution is 2.29. The molecule has 4 nitrogen and oxygen atoms in total. The van der Waals surface area contributed by atoms with Gasteiger partial charge >= 0.3 is 6.18 Å². The van der Waals surface area contributed by atoms with Crippen molar-refractivity contribution in [2.75, 3.05) is 5.32 Å². The number of furan rings is 1. The molecule has 0 aliphatic carbocycles. The summed E-state index contributed by atoms with van der Waals surface area (Å²) in [6.45, 7) is 0.695. The van der Waals surface area contributed by atoms with Gasteiger partial charge in [0.1, 0.15) is 12.4 Å². The Morgan fingerprint density at radius 3 is 2.43 bits per heavy atom. The second kappa shape index (κ2) is 8.75. The normalized spacial score (nSPS) is 11.4. The van der Waals surface area contributed by atoms with E-state index in [1.54, 1.807) is 30.5 Å². The van der Waals surface area contributed by atoms with Gasteiger partial charge in [-0.2, -0.15) is 13.2 Å². The van der Waals surface area contributed by atoms with Crippen LogP contribution >= 0.6 is 0 Å². The molecular formula is C21H18F3NO3. The molecule has 1 amide bonds. The number of carbonyl (C=O) groups excluding carboxylic acids is 1. The summed E-state index contributed by atoms with van der Waals surface area (Å²) in [6, 6.07) is 15.3. The Labute approximate surface area is 159 Å². The lowest BCUT2D eigenvalue weighted by atomic mass is 10.1. The minimum atomic E-state index is -4.39. The molecule has 1 heterocycles. The average Bonchev–Trinajstić information content (AvgIpc) is 3.15. The predicted molar refractivity (Wildman–Crippen MR) is 97.4 cm³/mol. The number of ether oxygens (including phenoxy) is 1. The zero-order chi connectivity index (χ0) is 20.0. The van der Waals surface area contributed by atoms with Crippen molar-refractivity contribution in [3.8, 4) is 0 Å². The first kappa shape index (κ1) is 19.7. The minimum Gasteiger partial charge on any atom is -0.467 e. The van der Waals surface area contributed by atoms with Crippen LogP contribution < -0.4 is 5.32 Å². The van der Waals surface area contributed by atoms with Crippen molar-refractivity contribution in [1.82, 2.24) is 0 Å². The van der Waals surface area contributed by atoms with Gasteiger partial charge < -0.3 is 14.5 Å². The Morgan fingerprint density at radius 2 is 1.75 bits per heavy atom. The molecule has 0 aliphatic rings. The SMILES string of the molecule is O=C(Cc1ccc(C(F)(F)F)cc1)Nc1cccc(COCc2ccco2)c1. The van der Waals surface area contributed by atoms with Crippen molar-refractivity contribution in [2.45, 2.75) is 25.8 Å². The first-order valence-corrected chi connectivity index (χ1v) is 8.55. The Bertz CT molecular complexity index is 903. The Hall–Kier alpha value is -3.06. The third kappa shape index (κ3) is 5.72. The maximum absolute atomic E-state index is 12.6. The molecule has 1 aromatic heterocycles. The predicted octanol–water partition coefficient (Wildman–Crippen LogP) is 5.20. The van der Waals surface area contributed by atoms with Gasteiger partial charge in [0, 0.05) is 5.69 Å². The quantitative estimate of drug-likeness (QED) is 0.605. The molecule has 0 spiro atoms. The molecule has 0 saturated heterocycles. The largest absolute Gasteiger partial charge is 0.467 e. The van der Waals surface area contributed by atoms with Crippen LogP contribution in [0.2, 0.25) is 0 Å². The minimum absolute atomic E-state index is 0.0165. The maximum Gasteiger partial charge on any atom is 0.416 e. The van der Waals surface area contributed by atoms with E-state index in [9.17, 15) is 18.0 Å². The van der Waals surface area contributed by atoms with Crippen LogP contribution in [0.1, 0.15) is 22.5 Å². The van der Waals surface area contributed by atoms with Crippen LogP contribution in [0.5, 0.6) is 0 Å². The van der Waals surface area contributed by atoms with Crippen molar-refractivity contribution >= 4 is 11.6 Å². The number of carbonyl (C=O) groups is 1. The maximum atomic E-state index is 12.6. The van der Waals surface area contributed by atoms with E-state index in [0.29, 0.717) is 24.5 Å². The van der Waals surface area contributed by atoms with Crippen LogP contribution in [0, 0.1) is 0 Å². The van der Waals surface area contributed by atoms with E-state index in [1.165, 1.54) is 12.1 Å². The van der Waals surface area contributed by atoms with Gasteiger partial charge in [-0.15, -0.1) is 0 Å². The standard InChI is InChI=1S/C21H18F3NO3/c22-21(23,24)17-8-6-15(7-9-17)12-20(26)25-18-4-1-3-16(11-18)13-27-14-19-5-2-10-28-19/h1-11H,12-14H2,(H,25,26). The lowest BCUT2D eigenvalue weighted by Gasteiger charge is -2.09. The highest BCUT2D eigenvalue weighted by molar-refractivity contribution is 5.92. The number of hydrogen-bond acceptors (Lipinski definition) is 3. The van der Waals surface area contributed by atoms with Crippen LogP contribution in [0.4, 0.5) is 18.9 Å². The van der Waals surface area contributed by atoms with Crippen LogP contribution in [0.15, 0.2) is 71.3 Å². The summed E-state index contributed by atoms with van der Waals surface area (Å²) in [6.07, 6.45) is -2.83. The van der Waals surface area contributed by atoms with Crippen molar-refractivity contribution in [3.63, 3.8) is 0 Å². The van der Waals surface area contributed by atoms with Gasteiger partial charge in [0.15, 0.2) is 0 Å². The average molecular weight is 389 g/mol. The number of halogens is 3. The van der Waals surface area contributed by atoms with E-state index in [4.69, 9.17) is 9.15 Å². The highest BCUT2D eigenvalue weighted by Gasteiger charge is 2.29. The molecule has 7 heteroatoms. The van der Waals surface area contributed by atoms with Crippen LogP contribution in [0.25, 0.3) is 0 Å². The summed E-state index contributed by atoms with van der Waals surface area (Å²) in [5, 5.41) is 2.74. The van der Waals surface area contributed by atoms with E-state index in [2.05, 4.69) is 5.32 Å². The molecule has 0 aliphatic heterocycles. The fraction of sp³-hybridized carbons (Fsp3) is 0.190. The third-order valence-electron chi connectivity index (χ3n) is 3.95. The summed E-state index contributed by atoms with van der Waals surface area (Å²) < 4.78 is 48.5. The van der Waals surface area contributed by atoms with E-state index < -0.39 is 11.7 Å². The van der Waals surface area contributed by atoms with E-state index >= 15 is 0 Å². The number of alkyl halides is 3. The number of nitrogens with one attached hydrogen (secondary N) is 1. The Morgan fingerprint density at radius 1 is 0.964 bits per heavy atom. The number of benzene rings is 2. The molecule has 0 saturated carbocycles. The van der Waals surface area contributed by atoms with E-state index in [-0.39, 0.29) is 12.3 Å². The molecule has 0 radical (unpaired) electrons. The summed E-state index contributed by atoms with van der Waals surface area (Å²) in [7, 11) is 0. The number of anilines is 1. The molecule has 2 aromatic carbocycles. The fourth-order valence-corrected chi connectivity index (χ4v) is 2.61. The van der Waals surface area contributed by atoms with Gasteiger partial charge in [0.2, 0.25) is 5.91 Å². The second-order valence-corrected chi connectivity index (χ2v) is 6.19. The van der Waals surface area contributed by atoms with Crippen molar-refractivity contribution < 1.29 is 27.1 Å². The van der Waals surface area contributed by atoms with Gasteiger partial charge in [0.25, 0.3) is 0 Å². The molecule has 3 rings (SSSR count). The summed E-state index contributed by atoms with van der Waals surface area (Å²) in [4.78, 5) is 12.2. The molecule has 0 bridgehead atoms. The second-order valence-electron chi connectivity index (χ2n) is 6.19. The molecule has 146 valence electrons. The van der Waals surface area contributed by atoms with Gasteiger partial charge in [-0.25, -0.2) is 0 Å². The monoisotopic (exact) mass is 389 g/mol. The van der Waals surface area contributed by atoms with Crippen molar-refractivity contribution in [1.29, 1.82) is 0 Å². The van der Waals surface area contributed by atoms with Crippen LogP contribution in [0.3, 0.4) is 0 Å². The smallest absolute Gasteiger partial charge is 0.416 e. The van der Waals surface area contributed by atoms with E-state index in [0.717, 1.165) is 23.5 Å². The van der Waals surface area contributed by atoms with Gasteiger partial charge in [-0.3, -0.25) is 4.79 Å². The van der Waals surface area contributed by atoms with Gasteiger partial charge in [0.05, 0.1) is 24.9 Å². The highest BCUT2D eigenvalue weighted by atomic mass is 19.4. The topological polar surface area (TPSA) is 51.5 Å². The zero-order valence-corrected chi connectivity index (χ0v) is 14.8. The third-order valence-corrected chi connectivity index (χ3v) is 3.95. The molecule has 3 aromatic rings. The first-order valence-electron chi connectivity index (χ1n) is 8.55.